The molecular formula is C28H30N4O3. The van der Waals surface area contributed by atoms with E-state index in [2.05, 4.69) is 12.2 Å². The van der Waals surface area contributed by atoms with Crippen LogP contribution >= 0.6 is 0 Å². The van der Waals surface area contributed by atoms with E-state index in [0.29, 0.717) is 26.1 Å². The van der Waals surface area contributed by atoms with Crippen molar-refractivity contribution < 1.29 is 14.3 Å². The molecule has 7 nitrogen and oxygen atoms in total. The van der Waals surface area contributed by atoms with Crippen LogP contribution in [-0.4, -0.2) is 33.9 Å². The van der Waals surface area contributed by atoms with Crippen molar-refractivity contribution >= 4 is 16.9 Å². The molecule has 1 aliphatic heterocycles. The molecule has 4 aromatic rings. The van der Waals surface area contributed by atoms with Gasteiger partial charge in [-0.05, 0) is 75.1 Å². The number of aromatic nitrogens is 3. The Kier molecular flexibility index (Phi) is 6.16. The smallest absolute Gasteiger partial charge is 0.220 e. The Morgan fingerprint density at radius 1 is 1.03 bits per heavy atom. The summed E-state index contributed by atoms with van der Waals surface area (Å²) in [6, 6.07) is 15.7. The van der Waals surface area contributed by atoms with Crippen LogP contribution < -0.4 is 14.8 Å². The lowest BCUT2D eigenvalue weighted by molar-refractivity contribution is -0.121. The highest BCUT2D eigenvalue weighted by molar-refractivity contribution is 5.85. The van der Waals surface area contributed by atoms with Crippen molar-refractivity contribution in [2.45, 2.75) is 46.6 Å². The van der Waals surface area contributed by atoms with Gasteiger partial charge in [0.05, 0.1) is 17.4 Å². The van der Waals surface area contributed by atoms with Crippen LogP contribution in [0, 0.1) is 20.8 Å². The standard InChI is InChI=1S/C28H30N4O3/c1-17-23(19(3)30-28-27(17)20(4)31-32(28)22-8-6-5-7-9-22)11-13-26(33)29-18(2)21-10-12-24-25(16-21)35-15-14-34-24/h5-10,12,16,18H,11,13-15H2,1-4H3,(H,29,33)/t18-/m1/s1. The van der Waals surface area contributed by atoms with Crippen molar-refractivity contribution in [1.82, 2.24) is 20.1 Å². The van der Waals surface area contributed by atoms with Crippen LogP contribution in [0.5, 0.6) is 11.5 Å². The Labute approximate surface area is 205 Å². The lowest BCUT2D eigenvalue weighted by Crippen LogP contribution is -2.27. The molecule has 0 aliphatic carbocycles. The molecule has 180 valence electrons. The van der Waals surface area contributed by atoms with Crippen LogP contribution in [0.3, 0.4) is 0 Å². The van der Waals surface area contributed by atoms with Gasteiger partial charge in [-0.2, -0.15) is 5.10 Å². The number of rotatable bonds is 6. The molecule has 0 bridgehead atoms. The number of carbonyl (C=O) groups excluding carboxylic acids is 1. The van der Waals surface area contributed by atoms with E-state index in [1.807, 2.05) is 74.0 Å². The molecule has 35 heavy (non-hydrogen) atoms. The summed E-state index contributed by atoms with van der Waals surface area (Å²) in [7, 11) is 0. The van der Waals surface area contributed by atoms with E-state index in [1.165, 1.54) is 0 Å². The highest BCUT2D eigenvalue weighted by atomic mass is 16.6. The fourth-order valence-corrected chi connectivity index (χ4v) is 4.79. The van der Waals surface area contributed by atoms with Gasteiger partial charge in [-0.25, -0.2) is 9.67 Å². The predicted molar refractivity (Wildman–Crippen MR) is 135 cm³/mol. The fourth-order valence-electron chi connectivity index (χ4n) is 4.79. The number of benzene rings is 2. The van der Waals surface area contributed by atoms with E-state index in [4.69, 9.17) is 19.6 Å². The van der Waals surface area contributed by atoms with E-state index in [1.54, 1.807) is 0 Å². The van der Waals surface area contributed by atoms with Crippen molar-refractivity contribution in [3.8, 4) is 17.2 Å². The summed E-state index contributed by atoms with van der Waals surface area (Å²) in [6.45, 7) is 9.20. The summed E-state index contributed by atoms with van der Waals surface area (Å²) in [5.74, 6) is 1.48. The van der Waals surface area contributed by atoms with Gasteiger partial charge in [0.15, 0.2) is 17.1 Å². The SMILES string of the molecule is Cc1nc2c(c(C)nn2-c2ccccc2)c(C)c1CCC(=O)N[C@H](C)c1ccc2c(c1)OCCO2. The van der Waals surface area contributed by atoms with Gasteiger partial charge >= 0.3 is 0 Å². The number of ether oxygens (including phenoxy) is 2. The van der Waals surface area contributed by atoms with Crippen LogP contribution in [-0.2, 0) is 11.2 Å². The largest absolute Gasteiger partial charge is 0.486 e. The zero-order chi connectivity index (χ0) is 24.5. The molecule has 5 rings (SSSR count). The first kappa shape index (κ1) is 22.9. The molecule has 1 N–H and O–H groups in total. The number of amides is 1. The number of para-hydroxylation sites is 1. The zero-order valence-corrected chi connectivity index (χ0v) is 20.6. The number of nitrogens with zero attached hydrogens (tertiary/aromatic N) is 3. The highest BCUT2D eigenvalue weighted by Gasteiger charge is 2.19. The summed E-state index contributed by atoms with van der Waals surface area (Å²) >= 11 is 0. The number of aryl methyl sites for hydroxylation is 3. The van der Waals surface area contributed by atoms with Gasteiger partial charge in [0, 0.05) is 17.5 Å². The van der Waals surface area contributed by atoms with Crippen LogP contribution in [0.4, 0.5) is 0 Å². The third-order valence-corrected chi connectivity index (χ3v) is 6.62. The lowest BCUT2D eigenvalue weighted by atomic mass is 9.99. The molecule has 1 atom stereocenters. The van der Waals surface area contributed by atoms with Gasteiger partial charge in [0.2, 0.25) is 5.91 Å². The maximum atomic E-state index is 12.8. The summed E-state index contributed by atoms with van der Waals surface area (Å²) in [6.07, 6.45) is 1.01. The molecule has 1 aliphatic rings. The second-order valence-corrected chi connectivity index (χ2v) is 9.02. The minimum Gasteiger partial charge on any atom is -0.486 e. The molecule has 2 aromatic carbocycles. The molecule has 0 saturated heterocycles. The minimum atomic E-state index is -0.132. The average molecular weight is 471 g/mol. The second kappa shape index (κ2) is 9.41. The molecule has 3 heterocycles. The number of carbonyl (C=O) groups is 1. The van der Waals surface area contributed by atoms with E-state index in [0.717, 1.165) is 56.3 Å². The number of hydrogen-bond donors (Lipinski definition) is 1. The Morgan fingerprint density at radius 3 is 2.54 bits per heavy atom. The van der Waals surface area contributed by atoms with Crippen LogP contribution in [0.2, 0.25) is 0 Å². The fraction of sp³-hybridized carbons (Fsp3) is 0.321. The lowest BCUT2D eigenvalue weighted by Gasteiger charge is -2.21. The number of hydrogen-bond acceptors (Lipinski definition) is 5. The number of nitrogens with one attached hydrogen (secondary N) is 1. The van der Waals surface area contributed by atoms with Gasteiger partial charge in [-0.1, -0.05) is 24.3 Å². The first-order valence-electron chi connectivity index (χ1n) is 12.0. The Balaban J connectivity index is 1.32. The summed E-state index contributed by atoms with van der Waals surface area (Å²) < 4.78 is 13.2. The highest BCUT2D eigenvalue weighted by Crippen LogP contribution is 2.33. The van der Waals surface area contributed by atoms with Gasteiger partial charge in [0.25, 0.3) is 0 Å². The van der Waals surface area contributed by atoms with Crippen molar-refractivity contribution in [3.05, 3.63) is 76.6 Å². The normalized spacial score (nSPS) is 13.6. The van der Waals surface area contributed by atoms with Gasteiger partial charge in [-0.15, -0.1) is 0 Å². The van der Waals surface area contributed by atoms with Crippen LogP contribution in [0.15, 0.2) is 48.5 Å². The van der Waals surface area contributed by atoms with E-state index in [-0.39, 0.29) is 11.9 Å². The van der Waals surface area contributed by atoms with Crippen LogP contribution in [0.1, 0.15) is 47.5 Å². The molecule has 0 unspecified atom stereocenters. The summed E-state index contributed by atoms with van der Waals surface area (Å²) in [4.78, 5) is 17.7. The predicted octanol–water partition coefficient (Wildman–Crippen LogP) is 4.93. The Morgan fingerprint density at radius 2 is 1.77 bits per heavy atom. The first-order chi connectivity index (χ1) is 16.9. The molecule has 2 aromatic heterocycles. The summed E-state index contributed by atoms with van der Waals surface area (Å²) in [5, 5.41) is 8.93. The third kappa shape index (κ3) is 4.46. The van der Waals surface area contributed by atoms with Crippen molar-refractivity contribution in [3.63, 3.8) is 0 Å². The van der Waals surface area contributed by atoms with Crippen molar-refractivity contribution in [2.24, 2.45) is 0 Å². The maximum absolute atomic E-state index is 12.8. The number of fused-ring (bicyclic) bond motifs is 2. The van der Waals surface area contributed by atoms with Gasteiger partial charge in [0.1, 0.15) is 13.2 Å². The van der Waals surface area contributed by atoms with Gasteiger partial charge < -0.3 is 14.8 Å². The average Bonchev–Trinajstić information content (AvgIpc) is 3.20. The van der Waals surface area contributed by atoms with Crippen LogP contribution in [0.25, 0.3) is 16.7 Å². The zero-order valence-electron chi connectivity index (χ0n) is 20.6. The second-order valence-electron chi connectivity index (χ2n) is 9.02. The molecule has 0 radical (unpaired) electrons. The minimum absolute atomic E-state index is 0.00277. The monoisotopic (exact) mass is 470 g/mol. The van der Waals surface area contributed by atoms with E-state index in [9.17, 15) is 4.79 Å². The Hall–Kier alpha value is -3.87. The Bertz CT molecular complexity index is 1390. The van der Waals surface area contributed by atoms with Crippen molar-refractivity contribution in [2.75, 3.05) is 13.2 Å². The first-order valence-corrected chi connectivity index (χ1v) is 12.0. The van der Waals surface area contributed by atoms with E-state index < -0.39 is 0 Å². The molecule has 1 amide bonds. The quantitative estimate of drug-likeness (QED) is 0.432. The summed E-state index contributed by atoms with van der Waals surface area (Å²) in [5.41, 5.74) is 6.94. The van der Waals surface area contributed by atoms with Crippen molar-refractivity contribution in [1.29, 1.82) is 0 Å². The third-order valence-electron chi connectivity index (χ3n) is 6.62. The number of pyridine rings is 1. The van der Waals surface area contributed by atoms with Gasteiger partial charge in [-0.3, -0.25) is 4.79 Å². The van der Waals surface area contributed by atoms with E-state index >= 15 is 0 Å². The molecular weight excluding hydrogens is 440 g/mol. The molecule has 0 saturated carbocycles. The molecule has 0 fully saturated rings. The maximum Gasteiger partial charge on any atom is 0.220 e. The topological polar surface area (TPSA) is 78.3 Å². The molecule has 0 spiro atoms. The molecule has 7 heteroatoms.